The van der Waals surface area contributed by atoms with Gasteiger partial charge in [-0.15, -0.1) is 0 Å². The molecule has 0 unspecified atom stereocenters. The van der Waals surface area contributed by atoms with Crippen molar-refractivity contribution in [3.8, 4) is 0 Å². The molecule has 1 aliphatic rings. The number of carbonyl (C=O) groups excluding carboxylic acids is 2. The van der Waals surface area contributed by atoms with Crippen molar-refractivity contribution in [1.82, 2.24) is 4.90 Å². The van der Waals surface area contributed by atoms with E-state index in [4.69, 9.17) is 0 Å². The first-order valence-corrected chi connectivity index (χ1v) is 5.62. The second-order valence-corrected chi connectivity index (χ2v) is 4.06. The monoisotopic (exact) mass is 225 g/mol. The Hall–Kier alpha value is -2.16. The minimum Gasteiger partial charge on any atom is -0.275 e. The Balaban J connectivity index is 2.43. The van der Waals surface area contributed by atoms with Gasteiger partial charge in [-0.1, -0.05) is 24.3 Å². The lowest BCUT2D eigenvalue weighted by molar-refractivity contribution is 0.0619. The van der Waals surface area contributed by atoms with Crippen molar-refractivity contribution < 1.29 is 9.59 Å². The molecule has 84 valence electrons. The molecule has 2 aromatic carbocycles. The maximum atomic E-state index is 12.1. The third-order valence-electron chi connectivity index (χ3n) is 3.17. The minimum absolute atomic E-state index is 0.193. The summed E-state index contributed by atoms with van der Waals surface area (Å²) in [5.74, 6) is -0.386. The van der Waals surface area contributed by atoms with Gasteiger partial charge in [-0.25, -0.2) is 0 Å². The predicted octanol–water partition coefficient (Wildman–Crippen LogP) is 2.46. The molecular weight excluding hydrogens is 214 g/mol. The van der Waals surface area contributed by atoms with Gasteiger partial charge in [-0.05, 0) is 24.4 Å². The third kappa shape index (κ3) is 1.22. The lowest BCUT2D eigenvalue weighted by Gasteiger charge is -2.25. The van der Waals surface area contributed by atoms with E-state index in [0.29, 0.717) is 17.7 Å². The Morgan fingerprint density at radius 2 is 1.47 bits per heavy atom. The molecule has 0 aromatic heterocycles. The summed E-state index contributed by atoms with van der Waals surface area (Å²) in [6.45, 7) is 2.21. The van der Waals surface area contributed by atoms with Crippen molar-refractivity contribution in [2.45, 2.75) is 6.92 Å². The van der Waals surface area contributed by atoms with Gasteiger partial charge in [0.1, 0.15) is 0 Å². The summed E-state index contributed by atoms with van der Waals surface area (Å²) in [6, 6.07) is 11.1. The van der Waals surface area contributed by atoms with Crippen molar-refractivity contribution in [2.75, 3.05) is 6.54 Å². The Morgan fingerprint density at radius 1 is 0.941 bits per heavy atom. The van der Waals surface area contributed by atoms with Gasteiger partial charge in [0.15, 0.2) is 0 Å². The number of carbonyl (C=O) groups is 2. The molecule has 0 aliphatic carbocycles. The molecule has 1 aliphatic heterocycles. The number of imide groups is 1. The zero-order valence-corrected chi connectivity index (χ0v) is 9.43. The van der Waals surface area contributed by atoms with Gasteiger partial charge in [0.05, 0.1) is 0 Å². The van der Waals surface area contributed by atoms with Gasteiger partial charge >= 0.3 is 0 Å². The molecule has 3 nitrogen and oxygen atoms in total. The third-order valence-corrected chi connectivity index (χ3v) is 3.17. The van der Waals surface area contributed by atoms with Crippen LogP contribution in [-0.2, 0) is 0 Å². The fraction of sp³-hybridized carbons (Fsp3) is 0.143. The number of hydrogen-bond acceptors (Lipinski definition) is 2. The van der Waals surface area contributed by atoms with Gasteiger partial charge in [-0.2, -0.15) is 0 Å². The van der Waals surface area contributed by atoms with Gasteiger partial charge in [-0.3, -0.25) is 14.5 Å². The van der Waals surface area contributed by atoms with E-state index in [1.165, 1.54) is 4.90 Å². The van der Waals surface area contributed by atoms with E-state index in [2.05, 4.69) is 0 Å². The van der Waals surface area contributed by atoms with Crippen molar-refractivity contribution >= 4 is 22.6 Å². The van der Waals surface area contributed by atoms with Crippen LogP contribution < -0.4 is 0 Å². The smallest absolute Gasteiger partial charge is 0.261 e. The SMILES string of the molecule is CCN1C(=O)c2cccc3cccc(c23)C1=O. The molecule has 0 N–H and O–H groups in total. The zero-order chi connectivity index (χ0) is 12.0. The lowest BCUT2D eigenvalue weighted by atomic mass is 9.94. The Morgan fingerprint density at radius 3 is 1.94 bits per heavy atom. The van der Waals surface area contributed by atoms with E-state index in [-0.39, 0.29) is 11.8 Å². The highest BCUT2D eigenvalue weighted by molar-refractivity contribution is 6.25. The summed E-state index contributed by atoms with van der Waals surface area (Å²) in [7, 11) is 0. The molecule has 0 saturated carbocycles. The van der Waals surface area contributed by atoms with Gasteiger partial charge in [0, 0.05) is 23.1 Å². The van der Waals surface area contributed by atoms with Crippen molar-refractivity contribution in [3.05, 3.63) is 47.5 Å². The molecule has 17 heavy (non-hydrogen) atoms. The fourth-order valence-corrected chi connectivity index (χ4v) is 2.37. The summed E-state index contributed by atoms with van der Waals surface area (Å²) in [6.07, 6.45) is 0. The molecule has 0 fully saturated rings. The Kier molecular flexibility index (Phi) is 2.01. The summed E-state index contributed by atoms with van der Waals surface area (Å²) in [5.41, 5.74) is 1.25. The largest absolute Gasteiger partial charge is 0.275 e. The topological polar surface area (TPSA) is 37.4 Å². The first kappa shape index (κ1) is 10.0. The second kappa shape index (κ2) is 3.42. The van der Waals surface area contributed by atoms with Crippen molar-refractivity contribution in [3.63, 3.8) is 0 Å². The second-order valence-electron chi connectivity index (χ2n) is 4.06. The van der Waals surface area contributed by atoms with Crippen LogP contribution in [0.4, 0.5) is 0 Å². The molecule has 0 spiro atoms. The summed E-state index contributed by atoms with van der Waals surface area (Å²) >= 11 is 0. The van der Waals surface area contributed by atoms with E-state index in [9.17, 15) is 9.59 Å². The summed E-state index contributed by atoms with van der Waals surface area (Å²) in [5, 5.41) is 1.73. The Bertz CT molecular complexity index is 595. The zero-order valence-electron chi connectivity index (χ0n) is 9.43. The van der Waals surface area contributed by atoms with Crippen LogP contribution in [0, 0.1) is 0 Å². The van der Waals surface area contributed by atoms with E-state index < -0.39 is 0 Å². The van der Waals surface area contributed by atoms with Gasteiger partial charge in [0.25, 0.3) is 11.8 Å². The van der Waals surface area contributed by atoms with Crippen LogP contribution in [0.3, 0.4) is 0 Å². The highest BCUT2D eigenvalue weighted by Gasteiger charge is 2.31. The standard InChI is InChI=1S/C14H11NO2/c1-2-15-13(16)10-7-3-5-9-6-4-8-11(12(9)10)14(15)17/h3-8H,2H2,1H3. The van der Waals surface area contributed by atoms with Crippen LogP contribution >= 0.6 is 0 Å². The highest BCUT2D eigenvalue weighted by Crippen LogP contribution is 2.29. The average molecular weight is 225 g/mol. The highest BCUT2D eigenvalue weighted by atomic mass is 16.2. The molecule has 3 heteroatoms. The molecule has 2 amide bonds. The van der Waals surface area contributed by atoms with Crippen LogP contribution in [0.25, 0.3) is 10.8 Å². The summed E-state index contributed by atoms with van der Waals surface area (Å²) in [4.78, 5) is 25.6. The van der Waals surface area contributed by atoms with E-state index in [1.54, 1.807) is 12.1 Å². The van der Waals surface area contributed by atoms with Crippen LogP contribution in [0.2, 0.25) is 0 Å². The number of benzene rings is 2. The van der Waals surface area contributed by atoms with Crippen LogP contribution in [0.5, 0.6) is 0 Å². The lowest BCUT2D eigenvalue weighted by Crippen LogP contribution is -2.39. The molecule has 0 bridgehead atoms. The van der Waals surface area contributed by atoms with Gasteiger partial charge in [0.2, 0.25) is 0 Å². The Labute approximate surface area is 98.6 Å². The minimum atomic E-state index is -0.193. The molecule has 0 atom stereocenters. The van der Waals surface area contributed by atoms with Crippen molar-refractivity contribution in [2.24, 2.45) is 0 Å². The maximum Gasteiger partial charge on any atom is 0.261 e. The summed E-state index contributed by atoms with van der Waals surface area (Å²) < 4.78 is 0. The number of nitrogens with zero attached hydrogens (tertiary/aromatic N) is 1. The average Bonchev–Trinajstić information content (AvgIpc) is 2.36. The van der Waals surface area contributed by atoms with E-state index in [0.717, 1.165) is 10.8 Å². The molecule has 0 radical (unpaired) electrons. The molecule has 3 rings (SSSR count). The molecular formula is C14H11NO2. The first-order valence-electron chi connectivity index (χ1n) is 5.62. The van der Waals surface area contributed by atoms with Crippen LogP contribution in [-0.4, -0.2) is 23.3 Å². The van der Waals surface area contributed by atoms with E-state index in [1.807, 2.05) is 31.2 Å². The predicted molar refractivity (Wildman–Crippen MR) is 65.0 cm³/mol. The molecule has 2 aromatic rings. The normalized spacial score (nSPS) is 14.5. The maximum absolute atomic E-state index is 12.1. The van der Waals surface area contributed by atoms with E-state index >= 15 is 0 Å². The van der Waals surface area contributed by atoms with Crippen molar-refractivity contribution in [1.29, 1.82) is 0 Å². The van der Waals surface area contributed by atoms with Gasteiger partial charge < -0.3 is 0 Å². The molecule has 1 heterocycles. The number of hydrogen-bond donors (Lipinski definition) is 0. The fourth-order valence-electron chi connectivity index (χ4n) is 2.37. The number of amides is 2. The van der Waals surface area contributed by atoms with Crippen LogP contribution in [0.15, 0.2) is 36.4 Å². The number of rotatable bonds is 1. The quantitative estimate of drug-likeness (QED) is 0.699. The first-order chi connectivity index (χ1) is 8.24. The van der Waals surface area contributed by atoms with Crippen LogP contribution in [0.1, 0.15) is 27.6 Å². The molecule has 0 saturated heterocycles.